The summed E-state index contributed by atoms with van der Waals surface area (Å²) < 4.78 is 0. The first-order chi connectivity index (χ1) is 9.33. The topological polar surface area (TPSA) is 73.3 Å². The number of aromatic hydroxyl groups is 1. The van der Waals surface area contributed by atoms with E-state index < -0.39 is 0 Å². The number of nitrogens with one attached hydrogen (secondary N) is 2. The van der Waals surface area contributed by atoms with Crippen molar-refractivity contribution in [3.63, 3.8) is 0 Å². The van der Waals surface area contributed by atoms with Crippen LogP contribution in [0, 0.1) is 0 Å². The summed E-state index contributed by atoms with van der Waals surface area (Å²) in [5.74, 6) is 0.917. The number of aromatic nitrogens is 2. The van der Waals surface area contributed by atoms with E-state index in [-0.39, 0.29) is 5.75 Å². The number of hydrazone groups is 1. The Balaban J connectivity index is 1.83. The highest BCUT2D eigenvalue weighted by Gasteiger charge is 2.02. The molecule has 0 radical (unpaired) electrons. The first-order valence-corrected chi connectivity index (χ1v) is 5.83. The second-order valence-corrected chi connectivity index (χ2v) is 4.06. The van der Waals surface area contributed by atoms with Crippen LogP contribution in [0.3, 0.4) is 0 Å². The Labute approximate surface area is 109 Å². The van der Waals surface area contributed by atoms with Crippen molar-refractivity contribution >= 4 is 22.9 Å². The van der Waals surface area contributed by atoms with Gasteiger partial charge >= 0.3 is 0 Å². The fourth-order valence-corrected chi connectivity index (χ4v) is 1.83. The van der Waals surface area contributed by atoms with Gasteiger partial charge in [0.2, 0.25) is 0 Å². The quantitative estimate of drug-likeness (QED) is 0.495. The summed E-state index contributed by atoms with van der Waals surface area (Å²) in [4.78, 5) is 7.22. The largest absolute Gasteiger partial charge is 0.508 e. The monoisotopic (exact) mass is 252 g/mol. The lowest BCUT2D eigenvalue weighted by atomic mass is 10.2. The average molecular weight is 252 g/mol. The number of phenols is 1. The number of H-pyrrole nitrogens is 1. The van der Waals surface area contributed by atoms with E-state index in [2.05, 4.69) is 20.5 Å². The highest BCUT2D eigenvalue weighted by Crippen LogP contribution is 2.21. The van der Waals surface area contributed by atoms with Gasteiger partial charge in [-0.3, -0.25) is 5.43 Å². The van der Waals surface area contributed by atoms with Gasteiger partial charge in [-0.15, -0.1) is 0 Å². The van der Waals surface area contributed by atoms with Crippen LogP contribution >= 0.6 is 0 Å². The highest BCUT2D eigenvalue weighted by atomic mass is 16.3. The van der Waals surface area contributed by atoms with Crippen molar-refractivity contribution in [1.29, 1.82) is 0 Å². The van der Waals surface area contributed by atoms with Crippen LogP contribution in [0.5, 0.6) is 5.75 Å². The molecule has 0 aliphatic carbocycles. The fraction of sp³-hybridized carbons (Fsp3) is 0. The van der Waals surface area contributed by atoms with Crippen LogP contribution in [-0.2, 0) is 0 Å². The molecule has 0 saturated heterocycles. The average Bonchev–Trinajstić information content (AvgIpc) is 2.83. The van der Waals surface area contributed by atoms with Crippen molar-refractivity contribution in [3.8, 4) is 5.75 Å². The minimum atomic E-state index is 0.236. The van der Waals surface area contributed by atoms with E-state index in [1.54, 1.807) is 24.5 Å². The minimum Gasteiger partial charge on any atom is -0.508 e. The van der Waals surface area contributed by atoms with Gasteiger partial charge in [0.15, 0.2) is 0 Å². The summed E-state index contributed by atoms with van der Waals surface area (Å²) in [6.45, 7) is 0. The van der Waals surface area contributed by atoms with Gasteiger partial charge in [0.25, 0.3) is 0 Å². The third-order valence-electron chi connectivity index (χ3n) is 2.74. The standard InChI is InChI=1S/C14H12N4O/c19-11-4-5-13-12(7-11)10(8-16-13)9-17-18-14-3-1-2-6-15-14/h1-9,16,19H,(H,15,18)/b17-9+. The maximum absolute atomic E-state index is 9.49. The Morgan fingerprint density at radius 2 is 2.21 bits per heavy atom. The summed E-state index contributed by atoms with van der Waals surface area (Å²) in [7, 11) is 0. The van der Waals surface area contributed by atoms with Gasteiger partial charge in [-0.2, -0.15) is 5.10 Å². The summed E-state index contributed by atoms with van der Waals surface area (Å²) in [6, 6.07) is 10.7. The second kappa shape index (κ2) is 4.81. The van der Waals surface area contributed by atoms with E-state index in [1.165, 1.54) is 0 Å². The molecule has 19 heavy (non-hydrogen) atoms. The molecule has 2 aromatic heterocycles. The van der Waals surface area contributed by atoms with Crippen LogP contribution in [0.1, 0.15) is 5.56 Å². The van der Waals surface area contributed by atoms with E-state index in [0.717, 1.165) is 16.5 Å². The van der Waals surface area contributed by atoms with Crippen LogP contribution in [0.15, 0.2) is 53.9 Å². The number of nitrogens with zero attached hydrogens (tertiary/aromatic N) is 2. The molecule has 5 nitrogen and oxygen atoms in total. The lowest BCUT2D eigenvalue weighted by molar-refractivity contribution is 0.476. The summed E-state index contributed by atoms with van der Waals surface area (Å²) in [5, 5.41) is 14.5. The molecular weight excluding hydrogens is 240 g/mol. The normalized spacial score (nSPS) is 11.2. The van der Waals surface area contributed by atoms with Gasteiger partial charge in [0.1, 0.15) is 11.6 Å². The van der Waals surface area contributed by atoms with Gasteiger partial charge in [0, 0.05) is 28.9 Å². The molecule has 94 valence electrons. The zero-order valence-electron chi connectivity index (χ0n) is 10.0. The van der Waals surface area contributed by atoms with E-state index in [0.29, 0.717) is 5.82 Å². The van der Waals surface area contributed by atoms with Gasteiger partial charge in [-0.25, -0.2) is 4.98 Å². The predicted octanol–water partition coefficient (Wildman–Crippen LogP) is 2.71. The highest BCUT2D eigenvalue weighted by molar-refractivity contribution is 5.99. The molecular formula is C14H12N4O. The lowest BCUT2D eigenvalue weighted by Gasteiger charge is -1.97. The Bertz CT molecular complexity index is 719. The molecule has 3 N–H and O–H groups in total. The Kier molecular flexibility index (Phi) is 2.86. The number of anilines is 1. The minimum absolute atomic E-state index is 0.236. The van der Waals surface area contributed by atoms with Gasteiger partial charge < -0.3 is 10.1 Å². The van der Waals surface area contributed by atoms with Crippen LogP contribution in [0.2, 0.25) is 0 Å². The number of hydrogen-bond donors (Lipinski definition) is 3. The molecule has 0 fully saturated rings. The molecule has 1 aromatic carbocycles. The number of fused-ring (bicyclic) bond motifs is 1. The molecule has 3 aromatic rings. The van der Waals surface area contributed by atoms with Crippen molar-refractivity contribution in [3.05, 3.63) is 54.4 Å². The fourth-order valence-electron chi connectivity index (χ4n) is 1.83. The summed E-state index contributed by atoms with van der Waals surface area (Å²) in [5.41, 5.74) is 4.70. The summed E-state index contributed by atoms with van der Waals surface area (Å²) >= 11 is 0. The van der Waals surface area contributed by atoms with Crippen LogP contribution in [-0.4, -0.2) is 21.3 Å². The zero-order chi connectivity index (χ0) is 13.1. The molecule has 0 atom stereocenters. The molecule has 0 bridgehead atoms. The van der Waals surface area contributed by atoms with Crippen molar-refractivity contribution in [2.24, 2.45) is 5.10 Å². The molecule has 0 spiro atoms. The Morgan fingerprint density at radius 3 is 3.05 bits per heavy atom. The van der Waals surface area contributed by atoms with Gasteiger partial charge in [-0.1, -0.05) is 6.07 Å². The van der Waals surface area contributed by atoms with E-state index in [4.69, 9.17) is 0 Å². The molecule has 0 unspecified atom stereocenters. The number of benzene rings is 1. The Hall–Kier alpha value is -2.82. The third-order valence-corrected chi connectivity index (χ3v) is 2.74. The molecule has 5 heteroatoms. The van der Waals surface area contributed by atoms with Crippen molar-refractivity contribution in [2.45, 2.75) is 0 Å². The van der Waals surface area contributed by atoms with E-state index in [9.17, 15) is 5.11 Å². The van der Waals surface area contributed by atoms with Crippen molar-refractivity contribution in [2.75, 3.05) is 5.43 Å². The zero-order valence-corrected chi connectivity index (χ0v) is 10.0. The van der Waals surface area contributed by atoms with Crippen LogP contribution < -0.4 is 5.43 Å². The summed E-state index contributed by atoms with van der Waals surface area (Å²) in [6.07, 6.45) is 5.22. The number of rotatable bonds is 3. The Morgan fingerprint density at radius 1 is 1.26 bits per heavy atom. The third kappa shape index (κ3) is 2.40. The number of phenolic OH excluding ortho intramolecular Hbond substituents is 1. The lowest BCUT2D eigenvalue weighted by Crippen LogP contribution is -1.91. The van der Waals surface area contributed by atoms with E-state index >= 15 is 0 Å². The number of aromatic amines is 1. The molecule has 3 rings (SSSR count). The molecule has 2 heterocycles. The van der Waals surface area contributed by atoms with Gasteiger partial charge in [0.05, 0.1) is 6.21 Å². The SMILES string of the molecule is Oc1ccc2[nH]cc(/C=N/Nc3ccccn3)c2c1. The van der Waals surface area contributed by atoms with Crippen molar-refractivity contribution in [1.82, 2.24) is 9.97 Å². The van der Waals surface area contributed by atoms with Gasteiger partial charge in [-0.05, 0) is 30.3 Å². The smallest absolute Gasteiger partial charge is 0.146 e. The maximum Gasteiger partial charge on any atom is 0.146 e. The maximum atomic E-state index is 9.49. The number of hydrogen-bond acceptors (Lipinski definition) is 4. The van der Waals surface area contributed by atoms with E-state index in [1.807, 2.05) is 30.5 Å². The van der Waals surface area contributed by atoms with Crippen LogP contribution in [0.4, 0.5) is 5.82 Å². The van der Waals surface area contributed by atoms with Crippen LogP contribution in [0.25, 0.3) is 10.9 Å². The second-order valence-electron chi connectivity index (χ2n) is 4.06. The van der Waals surface area contributed by atoms with Crippen molar-refractivity contribution < 1.29 is 5.11 Å². The first kappa shape index (κ1) is 11.3. The first-order valence-electron chi connectivity index (χ1n) is 5.83. The predicted molar refractivity (Wildman–Crippen MR) is 75.4 cm³/mol. The molecule has 0 saturated carbocycles. The number of pyridine rings is 1. The molecule has 0 aliphatic rings. The molecule has 0 amide bonds. The molecule has 0 aliphatic heterocycles.